The summed E-state index contributed by atoms with van der Waals surface area (Å²) in [5, 5.41) is 6.21. The molecular weight excluding hydrogens is 148 g/mol. The zero-order valence-electron chi connectivity index (χ0n) is 6.77. The van der Waals surface area contributed by atoms with Crippen LogP contribution in [-0.2, 0) is 0 Å². The molecule has 0 bridgehead atoms. The SMILES string of the molecule is [CH2]c1ccccc1.c1cn[nH]c1. The molecule has 0 amide bonds. The van der Waals surface area contributed by atoms with Crippen molar-refractivity contribution in [3.63, 3.8) is 0 Å². The minimum absolute atomic E-state index is 1.07. The normalized spacial score (nSPS) is 8.42. The summed E-state index contributed by atoms with van der Waals surface area (Å²) in [4.78, 5) is 0. The van der Waals surface area contributed by atoms with Crippen LogP contribution in [0.15, 0.2) is 48.8 Å². The minimum atomic E-state index is 1.07. The van der Waals surface area contributed by atoms with Gasteiger partial charge >= 0.3 is 0 Å². The molecule has 0 saturated carbocycles. The second kappa shape index (κ2) is 5.13. The minimum Gasteiger partial charge on any atom is -0.286 e. The lowest BCUT2D eigenvalue weighted by molar-refractivity contribution is 1.09. The molecule has 1 N–H and O–H groups in total. The highest BCUT2D eigenvalue weighted by Crippen LogP contribution is 1.92. The average molecular weight is 159 g/mol. The summed E-state index contributed by atoms with van der Waals surface area (Å²) < 4.78 is 0. The van der Waals surface area contributed by atoms with E-state index in [-0.39, 0.29) is 0 Å². The average Bonchev–Trinajstić information content (AvgIpc) is 2.62. The Kier molecular flexibility index (Phi) is 3.64. The topological polar surface area (TPSA) is 28.7 Å². The fraction of sp³-hybridized carbons (Fsp3) is 0. The monoisotopic (exact) mass is 159 g/mol. The number of hydrogen-bond acceptors (Lipinski definition) is 1. The van der Waals surface area contributed by atoms with Crippen molar-refractivity contribution in [1.82, 2.24) is 10.2 Å². The molecule has 0 saturated heterocycles. The molecule has 2 nitrogen and oxygen atoms in total. The Hall–Kier alpha value is -1.57. The number of rotatable bonds is 0. The van der Waals surface area contributed by atoms with E-state index in [2.05, 4.69) is 17.1 Å². The van der Waals surface area contributed by atoms with Gasteiger partial charge in [0.05, 0.1) is 0 Å². The standard InChI is InChI=1S/C7H7.C3H4N2/c1-7-5-3-2-4-6-7;1-2-4-5-3-1/h2-6H,1H2;1-3H,(H,4,5). The maximum atomic E-state index is 3.72. The quantitative estimate of drug-likeness (QED) is 0.627. The van der Waals surface area contributed by atoms with Crippen molar-refractivity contribution in [3.8, 4) is 0 Å². The number of H-pyrrole nitrogens is 1. The Morgan fingerprint density at radius 1 is 1.08 bits per heavy atom. The second-order valence-electron chi connectivity index (χ2n) is 2.25. The van der Waals surface area contributed by atoms with Gasteiger partial charge in [0.15, 0.2) is 0 Å². The third kappa shape index (κ3) is 3.56. The summed E-state index contributed by atoms with van der Waals surface area (Å²) in [6.07, 6.45) is 3.46. The summed E-state index contributed by atoms with van der Waals surface area (Å²) in [5.41, 5.74) is 1.07. The van der Waals surface area contributed by atoms with Crippen molar-refractivity contribution in [1.29, 1.82) is 0 Å². The van der Waals surface area contributed by atoms with Gasteiger partial charge in [-0.05, 0) is 18.6 Å². The predicted octanol–water partition coefficient (Wildman–Crippen LogP) is 2.28. The Morgan fingerprint density at radius 2 is 1.83 bits per heavy atom. The van der Waals surface area contributed by atoms with Gasteiger partial charge in [-0.3, -0.25) is 5.10 Å². The molecular formula is C10H11N2. The summed E-state index contributed by atoms with van der Waals surface area (Å²) >= 11 is 0. The summed E-state index contributed by atoms with van der Waals surface area (Å²) in [5.74, 6) is 0. The number of aromatic amines is 1. The fourth-order valence-electron chi connectivity index (χ4n) is 0.693. The first-order valence-corrected chi connectivity index (χ1v) is 3.70. The van der Waals surface area contributed by atoms with Crippen LogP contribution < -0.4 is 0 Å². The van der Waals surface area contributed by atoms with E-state index in [4.69, 9.17) is 0 Å². The first kappa shape index (κ1) is 8.53. The van der Waals surface area contributed by atoms with Crippen LogP contribution in [0.1, 0.15) is 5.56 Å². The summed E-state index contributed by atoms with van der Waals surface area (Å²) in [7, 11) is 0. The highest BCUT2D eigenvalue weighted by atomic mass is 15.1. The molecule has 1 heterocycles. The molecule has 12 heavy (non-hydrogen) atoms. The van der Waals surface area contributed by atoms with Crippen LogP contribution in [-0.4, -0.2) is 10.2 Å². The van der Waals surface area contributed by atoms with E-state index in [9.17, 15) is 0 Å². The van der Waals surface area contributed by atoms with Gasteiger partial charge in [0.25, 0.3) is 0 Å². The van der Waals surface area contributed by atoms with Crippen molar-refractivity contribution in [2.45, 2.75) is 0 Å². The highest BCUT2D eigenvalue weighted by Gasteiger charge is 1.72. The van der Waals surface area contributed by atoms with Gasteiger partial charge in [-0.2, -0.15) is 5.10 Å². The molecule has 0 atom stereocenters. The van der Waals surface area contributed by atoms with Crippen LogP contribution in [0.5, 0.6) is 0 Å². The van der Waals surface area contributed by atoms with Crippen molar-refractivity contribution in [2.75, 3.05) is 0 Å². The van der Waals surface area contributed by atoms with Crippen molar-refractivity contribution in [2.24, 2.45) is 0 Å². The zero-order chi connectivity index (χ0) is 8.65. The molecule has 0 unspecified atom stereocenters. The molecule has 2 heteroatoms. The van der Waals surface area contributed by atoms with Crippen molar-refractivity contribution >= 4 is 0 Å². The number of nitrogens with one attached hydrogen (secondary N) is 1. The summed E-state index contributed by atoms with van der Waals surface area (Å²) in [6.45, 7) is 3.72. The second-order valence-corrected chi connectivity index (χ2v) is 2.25. The van der Waals surface area contributed by atoms with E-state index in [0.717, 1.165) is 5.56 Å². The first-order valence-electron chi connectivity index (χ1n) is 3.70. The number of aromatic nitrogens is 2. The number of hydrogen-bond donors (Lipinski definition) is 1. The van der Waals surface area contributed by atoms with Gasteiger partial charge in [-0.25, -0.2) is 0 Å². The molecule has 61 valence electrons. The van der Waals surface area contributed by atoms with E-state index >= 15 is 0 Å². The molecule has 0 fully saturated rings. The molecule has 1 radical (unpaired) electrons. The Bertz CT molecular complexity index is 257. The molecule has 0 spiro atoms. The lowest BCUT2D eigenvalue weighted by Crippen LogP contribution is -1.62. The summed E-state index contributed by atoms with van der Waals surface area (Å²) in [6, 6.07) is 11.7. The molecule has 1 aromatic carbocycles. The van der Waals surface area contributed by atoms with E-state index in [1.165, 1.54) is 0 Å². The maximum absolute atomic E-state index is 3.72. The Labute approximate surface area is 72.3 Å². The molecule has 1 aromatic heterocycles. The first-order chi connectivity index (χ1) is 5.89. The van der Waals surface area contributed by atoms with Crippen LogP contribution >= 0.6 is 0 Å². The Morgan fingerprint density at radius 3 is 2.08 bits per heavy atom. The van der Waals surface area contributed by atoms with Gasteiger partial charge in [0.2, 0.25) is 0 Å². The van der Waals surface area contributed by atoms with Crippen molar-refractivity contribution in [3.05, 3.63) is 61.3 Å². The fourth-order valence-corrected chi connectivity index (χ4v) is 0.693. The van der Waals surface area contributed by atoms with Crippen LogP contribution in [0.25, 0.3) is 0 Å². The lowest BCUT2D eigenvalue weighted by Gasteiger charge is -1.82. The van der Waals surface area contributed by atoms with Crippen molar-refractivity contribution < 1.29 is 0 Å². The van der Waals surface area contributed by atoms with E-state index < -0.39 is 0 Å². The van der Waals surface area contributed by atoms with Crippen LogP contribution in [0.3, 0.4) is 0 Å². The molecule has 0 aliphatic rings. The van der Waals surface area contributed by atoms with Crippen LogP contribution in [0.4, 0.5) is 0 Å². The zero-order valence-corrected chi connectivity index (χ0v) is 6.77. The van der Waals surface area contributed by atoms with E-state index in [1.807, 2.05) is 36.4 Å². The van der Waals surface area contributed by atoms with Gasteiger partial charge in [0.1, 0.15) is 0 Å². The molecule has 0 aliphatic carbocycles. The van der Waals surface area contributed by atoms with Gasteiger partial charge in [-0.15, -0.1) is 0 Å². The smallest absolute Gasteiger partial charge is 0.0487 e. The Balaban J connectivity index is 0.000000127. The van der Waals surface area contributed by atoms with Gasteiger partial charge in [-0.1, -0.05) is 30.3 Å². The van der Waals surface area contributed by atoms with Crippen LogP contribution in [0, 0.1) is 6.92 Å². The third-order valence-electron chi connectivity index (χ3n) is 1.25. The highest BCUT2D eigenvalue weighted by molar-refractivity contribution is 5.16. The molecule has 2 rings (SSSR count). The van der Waals surface area contributed by atoms with Crippen LogP contribution in [0.2, 0.25) is 0 Å². The van der Waals surface area contributed by atoms with Gasteiger partial charge < -0.3 is 0 Å². The largest absolute Gasteiger partial charge is 0.286 e. The van der Waals surface area contributed by atoms with Gasteiger partial charge in [0, 0.05) is 12.4 Å². The number of benzene rings is 1. The van der Waals surface area contributed by atoms with E-state index in [0.29, 0.717) is 0 Å². The lowest BCUT2D eigenvalue weighted by atomic mass is 10.2. The number of nitrogens with zero attached hydrogens (tertiary/aromatic N) is 1. The molecule has 0 aliphatic heterocycles. The van der Waals surface area contributed by atoms with E-state index in [1.54, 1.807) is 12.4 Å². The molecule has 2 aromatic rings. The predicted molar refractivity (Wildman–Crippen MR) is 49.5 cm³/mol. The third-order valence-corrected chi connectivity index (χ3v) is 1.25. The maximum Gasteiger partial charge on any atom is 0.0487 e.